The maximum Gasteiger partial charge on any atom is 0.306 e. The molecule has 0 aromatic rings. The second-order valence-corrected chi connectivity index (χ2v) is 20.9. The van der Waals surface area contributed by atoms with E-state index in [9.17, 15) is 14.4 Å². The first-order valence-corrected chi connectivity index (χ1v) is 32.2. The fourth-order valence-corrected chi connectivity index (χ4v) is 8.67. The molecule has 0 heterocycles. The Hall–Kier alpha value is -4.45. The Labute approximate surface area is 481 Å². The number of hydrogen-bond acceptors (Lipinski definition) is 6. The Kier molecular flexibility index (Phi) is 61.4. The second-order valence-electron chi connectivity index (χ2n) is 20.9. The van der Waals surface area contributed by atoms with Gasteiger partial charge in [0.2, 0.25) is 0 Å². The second kappa shape index (κ2) is 65.1. The molecule has 0 amide bonds. The summed E-state index contributed by atoms with van der Waals surface area (Å²) in [5.41, 5.74) is 0. The number of esters is 3. The molecule has 0 radical (unpaired) electrons. The lowest BCUT2D eigenvalue weighted by atomic mass is 10.0. The van der Waals surface area contributed by atoms with Crippen LogP contribution in [0, 0.1) is 0 Å². The average molecular weight is 1080 g/mol. The van der Waals surface area contributed by atoms with Crippen molar-refractivity contribution in [2.24, 2.45) is 0 Å². The van der Waals surface area contributed by atoms with Crippen molar-refractivity contribution in [1.29, 1.82) is 0 Å². The highest BCUT2D eigenvalue weighted by Gasteiger charge is 2.19. The molecule has 0 aliphatic rings. The normalized spacial score (nSPS) is 13.0. The predicted octanol–water partition coefficient (Wildman–Crippen LogP) is 22.2. The number of carbonyl (C=O) groups is 3. The van der Waals surface area contributed by atoms with Gasteiger partial charge in [-0.25, -0.2) is 0 Å². The summed E-state index contributed by atoms with van der Waals surface area (Å²) in [4.78, 5) is 38.1. The molecular formula is C72H118O6. The van der Waals surface area contributed by atoms with Crippen molar-refractivity contribution in [3.05, 3.63) is 134 Å². The molecule has 78 heavy (non-hydrogen) atoms. The zero-order valence-electron chi connectivity index (χ0n) is 50.6. The van der Waals surface area contributed by atoms with E-state index in [-0.39, 0.29) is 31.6 Å². The third kappa shape index (κ3) is 62.4. The summed E-state index contributed by atoms with van der Waals surface area (Å²) in [6, 6.07) is 0. The van der Waals surface area contributed by atoms with Crippen molar-refractivity contribution in [3.8, 4) is 0 Å². The first kappa shape index (κ1) is 73.5. The van der Waals surface area contributed by atoms with Gasteiger partial charge in [-0.1, -0.05) is 296 Å². The Bertz CT molecular complexity index is 1670. The fraction of sp³-hybridized carbons (Fsp3) is 0.653. The molecule has 1 atom stereocenters. The zero-order chi connectivity index (χ0) is 56.4. The molecule has 0 saturated heterocycles. The molecule has 442 valence electrons. The largest absolute Gasteiger partial charge is 0.462 e. The molecule has 6 nitrogen and oxygen atoms in total. The Balaban J connectivity index is 4.16. The van der Waals surface area contributed by atoms with E-state index in [0.717, 1.165) is 109 Å². The van der Waals surface area contributed by atoms with Crippen molar-refractivity contribution >= 4 is 17.9 Å². The number of allylic oxidation sites excluding steroid dienone is 22. The fourth-order valence-electron chi connectivity index (χ4n) is 8.67. The number of ether oxygens (including phenoxy) is 3. The van der Waals surface area contributed by atoms with Crippen LogP contribution in [0.1, 0.15) is 284 Å². The van der Waals surface area contributed by atoms with Gasteiger partial charge in [-0.2, -0.15) is 0 Å². The minimum Gasteiger partial charge on any atom is -0.462 e. The van der Waals surface area contributed by atoms with Gasteiger partial charge in [0, 0.05) is 19.3 Å². The monoisotopic (exact) mass is 1080 g/mol. The molecule has 1 unspecified atom stereocenters. The summed E-state index contributed by atoms with van der Waals surface area (Å²) in [5, 5.41) is 0. The summed E-state index contributed by atoms with van der Waals surface area (Å²) in [6.45, 7) is 6.33. The molecule has 0 aliphatic heterocycles. The van der Waals surface area contributed by atoms with Crippen molar-refractivity contribution < 1.29 is 28.6 Å². The molecule has 0 aromatic heterocycles. The van der Waals surface area contributed by atoms with Crippen LogP contribution in [0.4, 0.5) is 0 Å². The van der Waals surface area contributed by atoms with Gasteiger partial charge in [0.1, 0.15) is 13.2 Å². The topological polar surface area (TPSA) is 78.9 Å². The van der Waals surface area contributed by atoms with Gasteiger partial charge in [-0.3, -0.25) is 14.4 Å². The van der Waals surface area contributed by atoms with Crippen LogP contribution >= 0.6 is 0 Å². The average Bonchev–Trinajstić information content (AvgIpc) is 3.44. The van der Waals surface area contributed by atoms with Crippen molar-refractivity contribution in [1.82, 2.24) is 0 Å². The molecule has 0 fully saturated rings. The zero-order valence-corrected chi connectivity index (χ0v) is 50.6. The van der Waals surface area contributed by atoms with Crippen LogP contribution in [0.25, 0.3) is 0 Å². The lowest BCUT2D eigenvalue weighted by Gasteiger charge is -2.18. The van der Waals surface area contributed by atoms with Crippen LogP contribution < -0.4 is 0 Å². The highest BCUT2D eigenvalue weighted by atomic mass is 16.6. The van der Waals surface area contributed by atoms with Crippen molar-refractivity contribution in [3.63, 3.8) is 0 Å². The summed E-state index contributed by atoms with van der Waals surface area (Å²) >= 11 is 0. The molecule has 0 N–H and O–H groups in total. The number of rotatable bonds is 57. The Morgan fingerprint density at radius 3 is 0.833 bits per heavy atom. The molecule has 0 aliphatic carbocycles. The first-order chi connectivity index (χ1) is 38.5. The van der Waals surface area contributed by atoms with Gasteiger partial charge < -0.3 is 14.2 Å². The number of carbonyl (C=O) groups excluding carboxylic acids is 3. The van der Waals surface area contributed by atoms with Gasteiger partial charge in [0.05, 0.1) is 0 Å². The molecule has 0 aromatic carbocycles. The number of hydrogen-bond donors (Lipinski definition) is 0. The van der Waals surface area contributed by atoms with E-state index in [1.807, 2.05) is 6.08 Å². The van der Waals surface area contributed by atoms with Crippen LogP contribution in [0.5, 0.6) is 0 Å². The lowest BCUT2D eigenvalue weighted by Crippen LogP contribution is -2.30. The van der Waals surface area contributed by atoms with Crippen LogP contribution in [0.2, 0.25) is 0 Å². The van der Waals surface area contributed by atoms with Crippen LogP contribution in [-0.2, 0) is 28.6 Å². The summed E-state index contributed by atoms with van der Waals surface area (Å²) in [6.07, 6.45) is 92.2. The van der Waals surface area contributed by atoms with E-state index >= 15 is 0 Å². The maximum absolute atomic E-state index is 12.8. The molecule has 0 bridgehead atoms. The number of unbranched alkanes of at least 4 members (excludes halogenated alkanes) is 24. The standard InChI is InChI=1S/C72H118O6/c1-4-7-10-13-16-19-21-23-25-27-29-30-31-32-33-34-35-36-37-38-39-40-41-42-44-45-47-49-51-53-56-59-62-65-71(74)77-68-69(67-76-70(73)64-61-58-55-18-15-12-9-6-3)78-72(75)66-63-60-57-54-52-50-48-46-43-28-26-24-22-20-17-14-11-8-5-2/h7-8,10-11,16-17,19-20,23-26,29-30,32-33,43,46,50,52,57,60,69H,4-6,9,12-15,18,21-22,27-28,31,34-42,44-45,47-49,51,53-56,58-59,61-68H2,1-3H3/b10-7-,11-8-,19-16-,20-17-,25-23-,26-24-,30-29-,33-32-,46-43-,52-50-,60-57-. The van der Waals surface area contributed by atoms with E-state index in [4.69, 9.17) is 14.2 Å². The highest BCUT2D eigenvalue weighted by Crippen LogP contribution is 2.16. The van der Waals surface area contributed by atoms with Crippen molar-refractivity contribution in [2.45, 2.75) is 290 Å². The van der Waals surface area contributed by atoms with Gasteiger partial charge in [-0.05, 0) is 103 Å². The Morgan fingerprint density at radius 2 is 0.526 bits per heavy atom. The predicted molar refractivity (Wildman–Crippen MR) is 339 cm³/mol. The summed E-state index contributed by atoms with van der Waals surface area (Å²) in [7, 11) is 0. The molecule has 0 rings (SSSR count). The molecule has 6 heteroatoms. The van der Waals surface area contributed by atoms with E-state index in [1.165, 1.54) is 128 Å². The van der Waals surface area contributed by atoms with Crippen LogP contribution in [0.3, 0.4) is 0 Å². The lowest BCUT2D eigenvalue weighted by molar-refractivity contribution is -0.166. The quantitative estimate of drug-likeness (QED) is 0.0261. The summed E-state index contributed by atoms with van der Waals surface area (Å²) in [5.74, 6) is -0.995. The van der Waals surface area contributed by atoms with E-state index in [2.05, 4.69) is 148 Å². The van der Waals surface area contributed by atoms with Gasteiger partial charge in [0.15, 0.2) is 6.10 Å². The van der Waals surface area contributed by atoms with Crippen LogP contribution in [-0.4, -0.2) is 37.2 Å². The van der Waals surface area contributed by atoms with E-state index in [0.29, 0.717) is 19.3 Å². The van der Waals surface area contributed by atoms with Crippen molar-refractivity contribution in [2.75, 3.05) is 13.2 Å². The summed E-state index contributed by atoms with van der Waals surface area (Å²) < 4.78 is 16.8. The van der Waals surface area contributed by atoms with E-state index < -0.39 is 12.1 Å². The third-order valence-electron chi connectivity index (χ3n) is 13.4. The Morgan fingerprint density at radius 1 is 0.269 bits per heavy atom. The minimum absolute atomic E-state index is 0.108. The molecule has 0 spiro atoms. The van der Waals surface area contributed by atoms with Gasteiger partial charge in [-0.15, -0.1) is 0 Å². The minimum atomic E-state index is -0.818. The highest BCUT2D eigenvalue weighted by molar-refractivity contribution is 5.71. The van der Waals surface area contributed by atoms with E-state index in [1.54, 1.807) is 0 Å². The third-order valence-corrected chi connectivity index (χ3v) is 13.4. The van der Waals surface area contributed by atoms with Gasteiger partial charge in [0.25, 0.3) is 0 Å². The van der Waals surface area contributed by atoms with Gasteiger partial charge >= 0.3 is 17.9 Å². The maximum atomic E-state index is 12.8. The smallest absolute Gasteiger partial charge is 0.306 e. The van der Waals surface area contributed by atoms with Crippen LogP contribution in [0.15, 0.2) is 134 Å². The molecule has 0 saturated carbocycles. The SMILES string of the molecule is CC/C=C\C/C=C\C/C=C\C/C=C\C/C=C\C/C=C\CCC(=O)OC(COC(=O)CCCCCCCCCC)COC(=O)CCCCCCCCCCCCCCCCCCC/C=C\C/C=C\C/C=C\C/C=C\C/C=C\CC. The molecular weight excluding hydrogens is 961 g/mol. The first-order valence-electron chi connectivity index (χ1n) is 32.2.